The molecule has 4 heterocycles. The molecule has 9 nitrogen and oxygen atoms in total. The molecule has 2 aromatic rings. The van der Waals surface area contributed by atoms with Gasteiger partial charge >= 0.3 is 0 Å². The van der Waals surface area contributed by atoms with Crippen molar-refractivity contribution >= 4 is 17.3 Å². The maximum absolute atomic E-state index is 12.4. The standard InChI is InChI=1S/C26H32N8O/c1-4-23(29-26(35)21-7-9-27-10-8-21)6-5-20(2)18-34-19-25(30-31-34)22-15-24(17-28-16-22)33-13-11-32(3)12-14-33/h4-10,15-17,19,30-31H,1,11-14,18H2,2-3H3,(H,29,35)/b20-5-,23-6+. The molecule has 0 spiro atoms. The van der Waals surface area contributed by atoms with E-state index in [9.17, 15) is 4.79 Å². The van der Waals surface area contributed by atoms with Crippen molar-refractivity contribution in [1.82, 2.24) is 36.2 Å². The second-order valence-electron chi connectivity index (χ2n) is 8.66. The molecule has 2 aliphatic heterocycles. The van der Waals surface area contributed by atoms with Crippen molar-refractivity contribution in [3.05, 3.63) is 96.4 Å². The van der Waals surface area contributed by atoms with Crippen LogP contribution in [0.5, 0.6) is 0 Å². The van der Waals surface area contributed by atoms with Crippen molar-refractivity contribution in [3.63, 3.8) is 0 Å². The molecule has 9 heteroatoms. The number of nitrogens with zero attached hydrogens (tertiary/aromatic N) is 5. The van der Waals surface area contributed by atoms with Crippen LogP contribution in [0.2, 0.25) is 0 Å². The third-order valence-corrected chi connectivity index (χ3v) is 5.91. The monoisotopic (exact) mass is 472 g/mol. The highest BCUT2D eigenvalue weighted by atomic mass is 16.1. The molecule has 0 saturated carbocycles. The zero-order chi connectivity index (χ0) is 24.6. The maximum Gasteiger partial charge on any atom is 0.255 e. The van der Waals surface area contributed by atoms with Crippen LogP contribution in [-0.4, -0.2) is 65.6 Å². The first-order valence-electron chi connectivity index (χ1n) is 11.6. The number of hydrazine groups is 2. The van der Waals surface area contributed by atoms with E-state index in [0.717, 1.165) is 48.7 Å². The Morgan fingerprint density at radius 1 is 1.14 bits per heavy atom. The number of hydrogen-bond acceptors (Lipinski definition) is 8. The summed E-state index contributed by atoms with van der Waals surface area (Å²) in [5, 5.41) is 4.83. The van der Waals surface area contributed by atoms with Crippen molar-refractivity contribution in [2.75, 3.05) is 44.7 Å². The van der Waals surface area contributed by atoms with E-state index >= 15 is 0 Å². The van der Waals surface area contributed by atoms with Gasteiger partial charge in [-0.2, -0.15) is 0 Å². The molecule has 2 aromatic heterocycles. The van der Waals surface area contributed by atoms with Gasteiger partial charge in [-0.15, -0.1) is 5.53 Å². The highest BCUT2D eigenvalue weighted by molar-refractivity contribution is 5.95. The topological polar surface area (TPSA) is 88.7 Å². The average molecular weight is 473 g/mol. The molecule has 35 heavy (non-hydrogen) atoms. The average Bonchev–Trinajstić information content (AvgIpc) is 3.36. The summed E-state index contributed by atoms with van der Waals surface area (Å²) in [4.78, 5) is 25.5. The van der Waals surface area contributed by atoms with Crippen LogP contribution in [0.1, 0.15) is 22.8 Å². The Bertz CT molecular complexity index is 1130. The molecule has 0 bridgehead atoms. The van der Waals surface area contributed by atoms with Crippen LogP contribution in [0.15, 0.2) is 85.3 Å². The highest BCUT2D eigenvalue weighted by Gasteiger charge is 2.17. The van der Waals surface area contributed by atoms with E-state index in [-0.39, 0.29) is 5.91 Å². The number of pyridine rings is 2. The summed E-state index contributed by atoms with van der Waals surface area (Å²) in [6.45, 7) is 10.6. The lowest BCUT2D eigenvalue weighted by molar-refractivity contribution is 0.0967. The Labute approximate surface area is 206 Å². The molecule has 0 radical (unpaired) electrons. The van der Waals surface area contributed by atoms with Gasteiger partial charge in [-0.3, -0.25) is 19.8 Å². The molecule has 0 aliphatic carbocycles. The van der Waals surface area contributed by atoms with Crippen LogP contribution >= 0.6 is 0 Å². The molecular formula is C26H32N8O. The number of allylic oxidation sites excluding steroid dienone is 3. The Morgan fingerprint density at radius 3 is 2.66 bits per heavy atom. The summed E-state index contributed by atoms with van der Waals surface area (Å²) in [5.41, 5.74) is 11.8. The number of aromatic nitrogens is 2. The third kappa shape index (κ3) is 6.56. The molecule has 3 N–H and O–H groups in total. The van der Waals surface area contributed by atoms with E-state index < -0.39 is 0 Å². The summed E-state index contributed by atoms with van der Waals surface area (Å²) in [5.74, 6) is -0.199. The zero-order valence-corrected chi connectivity index (χ0v) is 20.2. The van der Waals surface area contributed by atoms with Gasteiger partial charge in [0.05, 0.1) is 24.1 Å². The minimum atomic E-state index is -0.199. The second kappa shape index (κ2) is 11.5. The lowest BCUT2D eigenvalue weighted by Gasteiger charge is -2.33. The summed E-state index contributed by atoms with van der Waals surface area (Å²) >= 11 is 0. The van der Waals surface area contributed by atoms with Crippen molar-refractivity contribution < 1.29 is 4.79 Å². The van der Waals surface area contributed by atoms with Crippen LogP contribution in [-0.2, 0) is 0 Å². The number of rotatable bonds is 8. The van der Waals surface area contributed by atoms with Crippen molar-refractivity contribution in [1.29, 1.82) is 0 Å². The lowest BCUT2D eigenvalue weighted by Crippen LogP contribution is -2.44. The fraction of sp³-hybridized carbons (Fsp3) is 0.269. The molecule has 1 saturated heterocycles. The number of piperazine rings is 1. The van der Waals surface area contributed by atoms with E-state index in [1.165, 1.54) is 0 Å². The Balaban J connectivity index is 1.36. The molecule has 0 atom stereocenters. The number of hydrogen-bond donors (Lipinski definition) is 3. The summed E-state index contributed by atoms with van der Waals surface area (Å²) in [7, 11) is 2.16. The normalized spacial score (nSPS) is 17.1. The number of nitrogens with one attached hydrogen (secondary N) is 3. The van der Waals surface area contributed by atoms with Crippen LogP contribution in [0.25, 0.3) is 5.70 Å². The summed E-state index contributed by atoms with van der Waals surface area (Å²) < 4.78 is 0. The maximum atomic E-state index is 12.4. The van der Waals surface area contributed by atoms with Crippen molar-refractivity contribution in [3.8, 4) is 0 Å². The quantitative estimate of drug-likeness (QED) is 0.505. The summed E-state index contributed by atoms with van der Waals surface area (Å²) in [6.07, 6.45) is 14.5. The van der Waals surface area contributed by atoms with Crippen LogP contribution in [0, 0.1) is 0 Å². The fourth-order valence-electron chi connectivity index (χ4n) is 3.82. The van der Waals surface area contributed by atoms with E-state index in [1.54, 1.807) is 30.6 Å². The Kier molecular flexibility index (Phi) is 7.92. The molecule has 182 valence electrons. The van der Waals surface area contributed by atoms with Gasteiger partial charge in [0.25, 0.3) is 5.91 Å². The molecule has 1 amide bonds. The van der Waals surface area contributed by atoms with Gasteiger partial charge in [0, 0.05) is 67.8 Å². The van der Waals surface area contributed by atoms with Gasteiger partial charge in [-0.05, 0) is 44.3 Å². The van der Waals surface area contributed by atoms with Gasteiger partial charge in [-0.25, -0.2) is 0 Å². The van der Waals surface area contributed by atoms with Gasteiger partial charge in [0.2, 0.25) is 0 Å². The van der Waals surface area contributed by atoms with Gasteiger partial charge in [-0.1, -0.05) is 18.2 Å². The molecule has 4 rings (SSSR count). The van der Waals surface area contributed by atoms with Gasteiger partial charge in [0.15, 0.2) is 0 Å². The molecular weight excluding hydrogens is 440 g/mol. The number of likely N-dealkylation sites (N-methyl/N-ethyl adjacent to an activating group) is 1. The van der Waals surface area contributed by atoms with E-state index in [0.29, 0.717) is 17.8 Å². The van der Waals surface area contributed by atoms with Crippen molar-refractivity contribution in [2.45, 2.75) is 6.92 Å². The largest absolute Gasteiger partial charge is 0.368 e. The van der Waals surface area contributed by atoms with Crippen LogP contribution < -0.4 is 21.2 Å². The minimum Gasteiger partial charge on any atom is -0.368 e. The predicted molar refractivity (Wildman–Crippen MR) is 139 cm³/mol. The first-order chi connectivity index (χ1) is 17.0. The van der Waals surface area contributed by atoms with Gasteiger partial charge < -0.3 is 20.5 Å². The van der Waals surface area contributed by atoms with E-state index in [4.69, 9.17) is 0 Å². The molecule has 0 aromatic carbocycles. The molecule has 0 unspecified atom stereocenters. The van der Waals surface area contributed by atoms with E-state index in [1.807, 2.05) is 42.7 Å². The van der Waals surface area contributed by atoms with E-state index in [2.05, 4.69) is 55.7 Å². The first kappa shape index (κ1) is 24.2. The smallest absolute Gasteiger partial charge is 0.255 e. The number of carbonyl (C=O) groups excluding carboxylic acids is 1. The number of carbonyl (C=O) groups is 1. The molecule has 1 fully saturated rings. The summed E-state index contributed by atoms with van der Waals surface area (Å²) in [6, 6.07) is 5.52. The second-order valence-corrected chi connectivity index (χ2v) is 8.66. The number of anilines is 1. The van der Waals surface area contributed by atoms with Crippen LogP contribution in [0.3, 0.4) is 0 Å². The zero-order valence-electron chi connectivity index (χ0n) is 20.2. The minimum absolute atomic E-state index is 0.199. The Morgan fingerprint density at radius 2 is 1.91 bits per heavy atom. The van der Waals surface area contributed by atoms with Crippen LogP contribution in [0.4, 0.5) is 5.69 Å². The van der Waals surface area contributed by atoms with Crippen molar-refractivity contribution in [2.24, 2.45) is 0 Å². The molecule has 2 aliphatic rings. The number of amides is 1. The van der Waals surface area contributed by atoms with Gasteiger partial charge in [0.1, 0.15) is 0 Å². The first-order valence-corrected chi connectivity index (χ1v) is 11.6. The predicted octanol–water partition coefficient (Wildman–Crippen LogP) is 2.30. The Hall–Kier alpha value is -3.95. The highest BCUT2D eigenvalue weighted by Crippen LogP contribution is 2.21. The fourth-order valence-corrected chi connectivity index (χ4v) is 3.82. The lowest BCUT2D eigenvalue weighted by atomic mass is 10.2. The SMILES string of the molecule is C=C/C(=C\C=C(\C)CN1C=C(c2cncc(N3CCN(C)CC3)c2)NN1)NC(=O)c1ccncc1. The third-order valence-electron chi connectivity index (χ3n) is 5.91.